The summed E-state index contributed by atoms with van der Waals surface area (Å²) < 4.78 is 1.54. The number of carbonyl (C=O) groups excluding carboxylic acids is 1. The molecule has 0 unspecified atom stereocenters. The monoisotopic (exact) mass is 411 g/mol. The van der Waals surface area contributed by atoms with Crippen molar-refractivity contribution in [1.29, 1.82) is 0 Å². The summed E-state index contributed by atoms with van der Waals surface area (Å²) in [5.41, 5.74) is 1.98. The number of halogens is 2. The number of hydrogen-bond donors (Lipinski definition) is 2. The highest BCUT2D eigenvalue weighted by atomic mass is 79.9. The zero-order valence-electron chi connectivity index (χ0n) is 11.0. The van der Waals surface area contributed by atoms with Gasteiger partial charge in [-0.3, -0.25) is 4.79 Å². The van der Waals surface area contributed by atoms with Crippen LogP contribution in [0.2, 0.25) is 0 Å². The lowest BCUT2D eigenvalue weighted by Crippen LogP contribution is -2.13. The normalized spacial score (nSPS) is 10.2. The van der Waals surface area contributed by atoms with E-state index >= 15 is 0 Å². The van der Waals surface area contributed by atoms with Crippen LogP contribution >= 0.6 is 31.9 Å². The summed E-state index contributed by atoms with van der Waals surface area (Å²) in [6.45, 7) is 1.89. The number of amides is 1. The molecule has 0 saturated heterocycles. The van der Waals surface area contributed by atoms with E-state index in [9.17, 15) is 9.59 Å². The molecule has 2 rings (SSSR count). The Hall–Kier alpha value is -1.66. The van der Waals surface area contributed by atoms with E-state index in [1.54, 1.807) is 24.3 Å². The fourth-order valence-electron chi connectivity index (χ4n) is 1.73. The first kappa shape index (κ1) is 15.7. The Labute approximate surface area is 138 Å². The van der Waals surface area contributed by atoms with Crippen LogP contribution in [0, 0.1) is 6.92 Å². The van der Waals surface area contributed by atoms with E-state index in [1.165, 1.54) is 12.1 Å². The first-order chi connectivity index (χ1) is 9.88. The smallest absolute Gasteiger partial charge is 0.335 e. The molecule has 0 saturated carbocycles. The highest BCUT2D eigenvalue weighted by Gasteiger charge is 2.12. The summed E-state index contributed by atoms with van der Waals surface area (Å²) >= 11 is 6.67. The van der Waals surface area contributed by atoms with Crippen molar-refractivity contribution >= 4 is 49.4 Å². The Morgan fingerprint density at radius 3 is 2.24 bits per heavy atom. The number of hydrogen-bond acceptors (Lipinski definition) is 2. The molecule has 0 radical (unpaired) electrons. The molecule has 0 spiro atoms. The largest absolute Gasteiger partial charge is 0.478 e. The third-order valence-corrected chi connectivity index (χ3v) is 4.46. The number of benzene rings is 2. The standard InChI is InChI=1S/C15H11Br2NO3/c1-8-6-9(2-4-11(8)16)14(19)18-13-7-10(15(20)21)3-5-12(13)17/h2-7H,1H3,(H,18,19)(H,20,21). The molecule has 0 aromatic heterocycles. The van der Waals surface area contributed by atoms with Gasteiger partial charge in [0, 0.05) is 14.5 Å². The lowest BCUT2D eigenvalue weighted by Gasteiger charge is -2.09. The van der Waals surface area contributed by atoms with Gasteiger partial charge in [-0.2, -0.15) is 0 Å². The first-order valence-electron chi connectivity index (χ1n) is 5.99. The number of rotatable bonds is 3. The molecular formula is C15H11Br2NO3. The van der Waals surface area contributed by atoms with Gasteiger partial charge in [-0.05, 0) is 64.8 Å². The number of carboxylic acids is 1. The second kappa shape index (κ2) is 6.41. The van der Waals surface area contributed by atoms with E-state index in [0.29, 0.717) is 15.7 Å². The molecule has 2 N–H and O–H groups in total. The van der Waals surface area contributed by atoms with Gasteiger partial charge < -0.3 is 10.4 Å². The number of carboxylic acid groups (broad SMARTS) is 1. The van der Waals surface area contributed by atoms with Crippen molar-refractivity contribution in [2.75, 3.05) is 5.32 Å². The molecule has 0 atom stereocenters. The minimum atomic E-state index is -1.04. The maximum absolute atomic E-state index is 12.2. The highest BCUT2D eigenvalue weighted by molar-refractivity contribution is 9.10. The fourth-order valence-corrected chi connectivity index (χ4v) is 2.33. The molecule has 4 nitrogen and oxygen atoms in total. The van der Waals surface area contributed by atoms with Crippen LogP contribution in [0.1, 0.15) is 26.3 Å². The topological polar surface area (TPSA) is 66.4 Å². The van der Waals surface area contributed by atoms with Crippen molar-refractivity contribution < 1.29 is 14.7 Å². The van der Waals surface area contributed by atoms with Gasteiger partial charge in [0.2, 0.25) is 0 Å². The summed E-state index contributed by atoms with van der Waals surface area (Å²) in [6, 6.07) is 9.72. The van der Waals surface area contributed by atoms with Crippen LogP contribution in [0.25, 0.3) is 0 Å². The van der Waals surface area contributed by atoms with Crippen LogP contribution in [0.3, 0.4) is 0 Å². The number of carbonyl (C=O) groups is 2. The van der Waals surface area contributed by atoms with E-state index in [4.69, 9.17) is 5.11 Å². The fraction of sp³-hybridized carbons (Fsp3) is 0.0667. The quantitative estimate of drug-likeness (QED) is 0.781. The summed E-state index contributed by atoms with van der Waals surface area (Å²) in [6.07, 6.45) is 0. The van der Waals surface area contributed by atoms with Crippen LogP contribution in [0.15, 0.2) is 45.3 Å². The average molecular weight is 413 g/mol. The molecular weight excluding hydrogens is 402 g/mol. The third kappa shape index (κ3) is 3.71. The van der Waals surface area contributed by atoms with Gasteiger partial charge in [-0.25, -0.2) is 4.79 Å². The van der Waals surface area contributed by atoms with Gasteiger partial charge in [-0.1, -0.05) is 15.9 Å². The van der Waals surface area contributed by atoms with Crippen molar-refractivity contribution in [3.63, 3.8) is 0 Å². The van der Waals surface area contributed by atoms with Crippen molar-refractivity contribution in [1.82, 2.24) is 0 Å². The predicted octanol–water partition coefficient (Wildman–Crippen LogP) is 4.47. The molecule has 0 fully saturated rings. The zero-order valence-corrected chi connectivity index (χ0v) is 14.2. The van der Waals surface area contributed by atoms with Crippen LogP contribution in [-0.2, 0) is 0 Å². The lowest BCUT2D eigenvalue weighted by atomic mass is 10.1. The summed E-state index contributed by atoms with van der Waals surface area (Å²) in [5, 5.41) is 11.7. The minimum absolute atomic E-state index is 0.112. The number of aryl methyl sites for hydroxylation is 1. The second-order valence-electron chi connectivity index (χ2n) is 4.42. The van der Waals surface area contributed by atoms with Crippen molar-refractivity contribution in [3.05, 3.63) is 62.0 Å². The van der Waals surface area contributed by atoms with E-state index < -0.39 is 5.97 Å². The highest BCUT2D eigenvalue weighted by Crippen LogP contribution is 2.25. The van der Waals surface area contributed by atoms with Gasteiger partial charge in [-0.15, -0.1) is 0 Å². The average Bonchev–Trinajstić information content (AvgIpc) is 2.43. The predicted molar refractivity (Wildman–Crippen MR) is 87.9 cm³/mol. The minimum Gasteiger partial charge on any atom is -0.478 e. The maximum atomic E-state index is 12.2. The SMILES string of the molecule is Cc1cc(C(=O)Nc2cc(C(=O)O)ccc2Br)ccc1Br. The Kier molecular flexibility index (Phi) is 4.80. The molecule has 0 heterocycles. The Morgan fingerprint density at radius 1 is 1.00 bits per heavy atom. The maximum Gasteiger partial charge on any atom is 0.335 e. The Bertz CT molecular complexity index is 729. The number of anilines is 1. The molecule has 2 aromatic carbocycles. The van der Waals surface area contributed by atoms with Gasteiger partial charge >= 0.3 is 5.97 Å². The summed E-state index contributed by atoms with van der Waals surface area (Å²) in [7, 11) is 0. The van der Waals surface area contributed by atoms with Crippen molar-refractivity contribution in [3.8, 4) is 0 Å². The van der Waals surface area contributed by atoms with E-state index in [0.717, 1.165) is 10.0 Å². The lowest BCUT2D eigenvalue weighted by molar-refractivity contribution is 0.0696. The van der Waals surface area contributed by atoms with E-state index in [1.807, 2.05) is 6.92 Å². The Balaban J connectivity index is 2.28. The Morgan fingerprint density at radius 2 is 1.62 bits per heavy atom. The first-order valence-corrected chi connectivity index (χ1v) is 7.57. The zero-order chi connectivity index (χ0) is 15.6. The van der Waals surface area contributed by atoms with Gasteiger partial charge in [0.1, 0.15) is 0 Å². The van der Waals surface area contributed by atoms with Gasteiger partial charge in [0.15, 0.2) is 0 Å². The molecule has 0 aliphatic carbocycles. The summed E-state index contributed by atoms with van der Waals surface area (Å²) in [5.74, 6) is -1.34. The molecule has 108 valence electrons. The number of nitrogens with one attached hydrogen (secondary N) is 1. The molecule has 1 amide bonds. The molecule has 0 bridgehead atoms. The van der Waals surface area contributed by atoms with Gasteiger partial charge in [0.05, 0.1) is 11.3 Å². The van der Waals surface area contributed by atoms with Crippen LogP contribution in [0.4, 0.5) is 5.69 Å². The molecule has 0 aliphatic heterocycles. The van der Waals surface area contributed by atoms with Crippen molar-refractivity contribution in [2.24, 2.45) is 0 Å². The second-order valence-corrected chi connectivity index (χ2v) is 6.13. The molecule has 0 aliphatic rings. The van der Waals surface area contributed by atoms with Gasteiger partial charge in [0.25, 0.3) is 5.91 Å². The van der Waals surface area contributed by atoms with E-state index in [2.05, 4.69) is 37.2 Å². The molecule has 2 aromatic rings. The van der Waals surface area contributed by atoms with E-state index in [-0.39, 0.29) is 11.5 Å². The molecule has 6 heteroatoms. The van der Waals surface area contributed by atoms with Crippen LogP contribution < -0.4 is 5.32 Å². The molecule has 21 heavy (non-hydrogen) atoms. The third-order valence-electron chi connectivity index (χ3n) is 2.88. The van der Waals surface area contributed by atoms with Crippen molar-refractivity contribution in [2.45, 2.75) is 6.92 Å². The number of aromatic carboxylic acids is 1. The summed E-state index contributed by atoms with van der Waals surface area (Å²) in [4.78, 5) is 23.2. The van der Waals surface area contributed by atoms with Crippen LogP contribution in [0.5, 0.6) is 0 Å². The van der Waals surface area contributed by atoms with Crippen LogP contribution in [-0.4, -0.2) is 17.0 Å².